The Hall–Kier alpha value is -2.23. The molecule has 0 radical (unpaired) electrons. The lowest BCUT2D eigenvalue weighted by Crippen LogP contribution is -2.49. The van der Waals surface area contributed by atoms with Gasteiger partial charge < -0.3 is 4.90 Å². The fourth-order valence-corrected chi connectivity index (χ4v) is 4.23. The number of terminal acetylenes is 1. The van der Waals surface area contributed by atoms with Gasteiger partial charge in [0.25, 0.3) is 0 Å². The molecule has 2 aliphatic heterocycles. The fourth-order valence-electron chi connectivity index (χ4n) is 4.23. The van der Waals surface area contributed by atoms with E-state index >= 15 is 0 Å². The molecule has 0 aromatic heterocycles. The van der Waals surface area contributed by atoms with Crippen molar-refractivity contribution >= 4 is 5.69 Å². The zero-order valence-electron chi connectivity index (χ0n) is 12.6. The predicted octanol–water partition coefficient (Wildman–Crippen LogP) is 2.54. The number of anilines is 1. The third-order valence-corrected chi connectivity index (χ3v) is 5.33. The summed E-state index contributed by atoms with van der Waals surface area (Å²) in [5, 5.41) is 8.91. The van der Waals surface area contributed by atoms with Crippen LogP contribution in [-0.2, 0) is 0 Å². The average molecular weight is 289 g/mol. The Balaban J connectivity index is 1.47. The van der Waals surface area contributed by atoms with Gasteiger partial charge in [0.1, 0.15) is 0 Å². The quantitative estimate of drug-likeness (QED) is 0.784. The summed E-state index contributed by atoms with van der Waals surface area (Å²) in [5.74, 6) is 2.80. The van der Waals surface area contributed by atoms with E-state index in [9.17, 15) is 0 Å². The van der Waals surface area contributed by atoms with Gasteiger partial charge in [-0.2, -0.15) is 5.26 Å². The molecule has 1 aliphatic carbocycles. The number of allylic oxidation sites excluding steroid dienone is 1. The van der Waals surface area contributed by atoms with Gasteiger partial charge in [-0.3, -0.25) is 4.90 Å². The van der Waals surface area contributed by atoms with Gasteiger partial charge in [-0.05, 0) is 49.1 Å². The van der Waals surface area contributed by atoms with Crippen LogP contribution < -0.4 is 4.90 Å². The molecule has 0 unspecified atom stereocenters. The van der Waals surface area contributed by atoms with E-state index in [-0.39, 0.29) is 0 Å². The van der Waals surface area contributed by atoms with E-state index in [0.717, 1.165) is 25.1 Å². The lowest BCUT2D eigenvalue weighted by Gasteiger charge is -2.38. The van der Waals surface area contributed by atoms with Gasteiger partial charge in [0.2, 0.25) is 0 Å². The molecular weight excluding hydrogens is 270 g/mol. The third-order valence-electron chi connectivity index (χ3n) is 5.33. The lowest BCUT2D eigenvalue weighted by molar-refractivity contribution is 0.196. The zero-order chi connectivity index (χ0) is 15.1. The minimum atomic E-state index is 0.546. The molecule has 2 fully saturated rings. The number of nitrogens with zero attached hydrogens (tertiary/aromatic N) is 3. The molecule has 0 spiro atoms. The van der Waals surface area contributed by atoms with Crippen molar-refractivity contribution in [3.05, 3.63) is 41.5 Å². The van der Waals surface area contributed by atoms with Crippen molar-refractivity contribution < 1.29 is 0 Å². The molecule has 1 aromatic carbocycles. The highest BCUT2D eigenvalue weighted by molar-refractivity contribution is 5.52. The van der Waals surface area contributed by atoms with Gasteiger partial charge in [-0.15, -0.1) is 6.42 Å². The van der Waals surface area contributed by atoms with Crippen molar-refractivity contribution in [1.82, 2.24) is 4.90 Å². The standard InChI is InChI=1S/C19H19N3/c1-2-14-3-8-17(9-14)22-13-18-10-19(22)12-21(18)16-6-4-15(11-20)5-7-16/h1,4-7,9,17-19H,3,8,10,12-13H2/t17-,18-,19-/m0/s1. The first-order valence-corrected chi connectivity index (χ1v) is 7.98. The minimum Gasteiger partial charge on any atom is -0.366 e. The summed E-state index contributed by atoms with van der Waals surface area (Å²) in [5.41, 5.74) is 3.15. The van der Waals surface area contributed by atoms with E-state index in [2.05, 4.69) is 40.0 Å². The first-order chi connectivity index (χ1) is 10.8. The first-order valence-electron chi connectivity index (χ1n) is 7.98. The molecule has 3 heteroatoms. The molecular formula is C19H19N3. The van der Waals surface area contributed by atoms with E-state index in [1.165, 1.54) is 24.1 Å². The number of likely N-dealkylation sites (tertiary alicyclic amines) is 1. The molecule has 0 amide bonds. The highest BCUT2D eigenvalue weighted by Gasteiger charge is 2.45. The number of hydrogen-bond donors (Lipinski definition) is 0. The van der Waals surface area contributed by atoms with Crippen LogP contribution in [0.15, 0.2) is 35.9 Å². The number of benzene rings is 1. The van der Waals surface area contributed by atoms with Crippen LogP contribution in [0.3, 0.4) is 0 Å². The highest BCUT2D eigenvalue weighted by Crippen LogP contribution is 2.38. The molecule has 4 rings (SSSR count). The number of piperazine rings is 1. The van der Waals surface area contributed by atoms with E-state index in [0.29, 0.717) is 18.1 Å². The summed E-state index contributed by atoms with van der Waals surface area (Å²) >= 11 is 0. The maximum absolute atomic E-state index is 8.91. The second-order valence-electron chi connectivity index (χ2n) is 6.49. The SMILES string of the molecule is C#CC1=C[C@@H](N2C[C@@H]3C[C@H]2CN3c2ccc(C#N)cc2)CC1. The summed E-state index contributed by atoms with van der Waals surface area (Å²) in [7, 11) is 0. The third kappa shape index (κ3) is 2.10. The molecule has 3 nitrogen and oxygen atoms in total. The first kappa shape index (κ1) is 13.4. The summed E-state index contributed by atoms with van der Waals surface area (Å²) in [6.45, 7) is 2.22. The van der Waals surface area contributed by atoms with Crippen LogP contribution in [-0.4, -0.2) is 36.1 Å². The van der Waals surface area contributed by atoms with Crippen LogP contribution >= 0.6 is 0 Å². The fraction of sp³-hybridized carbons (Fsp3) is 0.421. The van der Waals surface area contributed by atoms with Gasteiger partial charge in [0, 0.05) is 36.9 Å². The Kier molecular flexibility index (Phi) is 3.17. The Morgan fingerprint density at radius 2 is 1.95 bits per heavy atom. The number of fused-ring (bicyclic) bond motifs is 2. The Bertz CT molecular complexity index is 689. The zero-order valence-corrected chi connectivity index (χ0v) is 12.6. The summed E-state index contributed by atoms with van der Waals surface area (Å²) in [4.78, 5) is 5.15. The predicted molar refractivity (Wildman–Crippen MR) is 87.3 cm³/mol. The van der Waals surface area contributed by atoms with Gasteiger partial charge >= 0.3 is 0 Å². The monoisotopic (exact) mass is 289 g/mol. The van der Waals surface area contributed by atoms with Crippen molar-refractivity contribution in [1.29, 1.82) is 5.26 Å². The minimum absolute atomic E-state index is 0.546. The molecule has 110 valence electrons. The van der Waals surface area contributed by atoms with Crippen molar-refractivity contribution in [3.8, 4) is 18.4 Å². The van der Waals surface area contributed by atoms with Crippen LogP contribution in [0.25, 0.3) is 0 Å². The van der Waals surface area contributed by atoms with Crippen LogP contribution in [0.4, 0.5) is 5.69 Å². The van der Waals surface area contributed by atoms with Crippen molar-refractivity contribution in [2.24, 2.45) is 0 Å². The summed E-state index contributed by atoms with van der Waals surface area (Å²) in [6.07, 6.45) is 11.3. The van der Waals surface area contributed by atoms with Gasteiger partial charge in [0.05, 0.1) is 11.6 Å². The number of nitriles is 1. The van der Waals surface area contributed by atoms with Crippen LogP contribution in [0.2, 0.25) is 0 Å². The molecule has 3 aliphatic rings. The topological polar surface area (TPSA) is 30.3 Å². The van der Waals surface area contributed by atoms with Gasteiger partial charge in [0.15, 0.2) is 0 Å². The maximum atomic E-state index is 8.91. The second-order valence-corrected chi connectivity index (χ2v) is 6.49. The van der Waals surface area contributed by atoms with Gasteiger partial charge in [-0.1, -0.05) is 12.0 Å². The van der Waals surface area contributed by atoms with Crippen LogP contribution in [0.5, 0.6) is 0 Å². The number of rotatable bonds is 2. The van der Waals surface area contributed by atoms with E-state index < -0.39 is 0 Å². The molecule has 2 bridgehead atoms. The van der Waals surface area contributed by atoms with Crippen molar-refractivity contribution in [2.45, 2.75) is 37.4 Å². The molecule has 3 atom stereocenters. The van der Waals surface area contributed by atoms with Crippen molar-refractivity contribution in [3.63, 3.8) is 0 Å². The van der Waals surface area contributed by atoms with E-state index in [4.69, 9.17) is 11.7 Å². The second kappa shape index (κ2) is 5.20. The maximum Gasteiger partial charge on any atom is 0.0991 e. The molecule has 2 heterocycles. The lowest BCUT2D eigenvalue weighted by atomic mass is 10.1. The van der Waals surface area contributed by atoms with Gasteiger partial charge in [-0.25, -0.2) is 0 Å². The van der Waals surface area contributed by atoms with E-state index in [1.54, 1.807) is 0 Å². The highest BCUT2D eigenvalue weighted by atomic mass is 15.4. The van der Waals surface area contributed by atoms with Crippen LogP contribution in [0.1, 0.15) is 24.8 Å². The summed E-state index contributed by atoms with van der Waals surface area (Å²) in [6, 6.07) is 12.0. The molecule has 0 N–H and O–H groups in total. The molecule has 1 aromatic rings. The Morgan fingerprint density at radius 1 is 1.14 bits per heavy atom. The molecule has 22 heavy (non-hydrogen) atoms. The Morgan fingerprint density at radius 3 is 2.55 bits per heavy atom. The smallest absolute Gasteiger partial charge is 0.0991 e. The average Bonchev–Trinajstić information content (AvgIpc) is 3.29. The summed E-state index contributed by atoms with van der Waals surface area (Å²) < 4.78 is 0. The van der Waals surface area contributed by atoms with E-state index in [1.807, 2.05) is 12.1 Å². The van der Waals surface area contributed by atoms with Crippen LogP contribution in [0, 0.1) is 23.7 Å². The molecule has 2 saturated heterocycles. The Labute approximate surface area is 131 Å². The largest absolute Gasteiger partial charge is 0.366 e. The van der Waals surface area contributed by atoms with Crippen molar-refractivity contribution in [2.75, 3.05) is 18.0 Å². The molecule has 0 saturated carbocycles. The normalized spacial score (nSPS) is 30.2. The number of hydrogen-bond acceptors (Lipinski definition) is 3.